The van der Waals surface area contributed by atoms with E-state index in [1.807, 2.05) is 19.1 Å². The number of pyridine rings is 1. The molecule has 6 nitrogen and oxygen atoms in total. The Bertz CT molecular complexity index is 874. The van der Waals surface area contributed by atoms with Crippen molar-refractivity contribution < 1.29 is 4.79 Å². The van der Waals surface area contributed by atoms with Gasteiger partial charge in [0, 0.05) is 11.4 Å². The summed E-state index contributed by atoms with van der Waals surface area (Å²) in [5.41, 5.74) is 1.95. The number of rotatable bonds is 4. The Balaban J connectivity index is 1.88. The third-order valence-corrected chi connectivity index (χ3v) is 4.07. The van der Waals surface area contributed by atoms with Gasteiger partial charge in [-0.15, -0.1) is 17.9 Å². The van der Waals surface area contributed by atoms with Crippen LogP contribution in [0.3, 0.4) is 0 Å². The third kappa shape index (κ3) is 3.51. The van der Waals surface area contributed by atoms with Crippen LogP contribution in [0.15, 0.2) is 43.1 Å². The molecule has 3 heterocycles. The third-order valence-electron chi connectivity index (χ3n) is 3.05. The van der Waals surface area contributed by atoms with Crippen LogP contribution < -0.4 is 10.6 Å². The summed E-state index contributed by atoms with van der Waals surface area (Å²) in [6.07, 6.45) is 3.34. The summed E-state index contributed by atoms with van der Waals surface area (Å²) in [5.74, 6) is 0.424. The highest BCUT2D eigenvalue weighted by molar-refractivity contribution is 7.15. The maximum atomic E-state index is 11.7. The van der Waals surface area contributed by atoms with E-state index in [0.29, 0.717) is 23.5 Å². The lowest BCUT2D eigenvalue weighted by Crippen LogP contribution is -2.28. The summed E-state index contributed by atoms with van der Waals surface area (Å²) < 4.78 is 0. The Morgan fingerprint density at radius 1 is 1.30 bits per heavy atom. The molecule has 0 saturated heterocycles. The average molecular weight is 325 g/mol. The molecule has 116 valence electrons. The number of hydrogen-bond donors (Lipinski definition) is 2. The molecule has 0 aliphatic heterocycles. The van der Waals surface area contributed by atoms with Crippen molar-refractivity contribution in [2.24, 2.45) is 0 Å². The highest BCUT2D eigenvalue weighted by Crippen LogP contribution is 2.26. The quantitative estimate of drug-likeness (QED) is 0.721. The number of urea groups is 1. The normalized spacial score (nSPS) is 10.5. The number of hydrogen-bond acceptors (Lipinski definition) is 5. The molecule has 3 aromatic heterocycles. The van der Waals surface area contributed by atoms with Crippen LogP contribution in [-0.4, -0.2) is 27.5 Å². The van der Waals surface area contributed by atoms with Crippen LogP contribution in [-0.2, 0) is 0 Å². The molecule has 23 heavy (non-hydrogen) atoms. The fraction of sp³-hybridized carbons (Fsp3) is 0.125. The van der Waals surface area contributed by atoms with Crippen molar-refractivity contribution in [1.29, 1.82) is 0 Å². The number of anilines is 1. The Kier molecular flexibility index (Phi) is 4.29. The van der Waals surface area contributed by atoms with Gasteiger partial charge in [-0.05, 0) is 31.2 Å². The van der Waals surface area contributed by atoms with E-state index in [4.69, 9.17) is 0 Å². The molecule has 3 aromatic rings. The molecule has 0 bridgehead atoms. The van der Waals surface area contributed by atoms with Crippen LogP contribution in [0.4, 0.5) is 10.6 Å². The molecule has 0 atom stereocenters. The molecule has 3 rings (SSSR count). The van der Waals surface area contributed by atoms with E-state index in [1.54, 1.807) is 35.7 Å². The van der Waals surface area contributed by atoms with Crippen molar-refractivity contribution in [3.8, 4) is 10.6 Å². The van der Waals surface area contributed by atoms with Gasteiger partial charge in [0.15, 0.2) is 5.65 Å². The Morgan fingerprint density at radius 2 is 2.17 bits per heavy atom. The van der Waals surface area contributed by atoms with Crippen molar-refractivity contribution in [3.05, 3.63) is 48.0 Å². The summed E-state index contributed by atoms with van der Waals surface area (Å²) in [4.78, 5) is 27.2. The minimum Gasteiger partial charge on any atom is -0.334 e. The lowest BCUT2D eigenvalue weighted by molar-refractivity contribution is 0.253. The Labute approximate surface area is 137 Å². The predicted octanol–water partition coefficient (Wildman–Crippen LogP) is 3.37. The maximum Gasteiger partial charge on any atom is 0.320 e. The first kappa shape index (κ1) is 15.1. The second-order valence-electron chi connectivity index (χ2n) is 4.83. The first-order valence-electron chi connectivity index (χ1n) is 7.02. The topological polar surface area (TPSA) is 79.8 Å². The first-order chi connectivity index (χ1) is 11.2. The van der Waals surface area contributed by atoms with Crippen LogP contribution in [0.25, 0.3) is 21.7 Å². The molecule has 0 radical (unpaired) electrons. The summed E-state index contributed by atoms with van der Waals surface area (Å²) in [6, 6.07) is 7.19. The van der Waals surface area contributed by atoms with Crippen molar-refractivity contribution in [2.75, 3.05) is 11.9 Å². The van der Waals surface area contributed by atoms with Crippen molar-refractivity contribution in [1.82, 2.24) is 20.3 Å². The molecular formula is C16H15N5OS. The SMILES string of the molecule is C=CCNC(=O)Nc1ccc2ncc(-c3ccc(C)s3)nc2n1. The van der Waals surface area contributed by atoms with Gasteiger partial charge in [0.25, 0.3) is 0 Å². The minimum absolute atomic E-state index is 0.338. The van der Waals surface area contributed by atoms with Crippen LogP contribution in [0.1, 0.15) is 4.88 Å². The fourth-order valence-corrected chi connectivity index (χ4v) is 2.81. The number of carbonyl (C=O) groups is 1. The van der Waals surface area contributed by atoms with E-state index >= 15 is 0 Å². The van der Waals surface area contributed by atoms with E-state index in [0.717, 1.165) is 10.6 Å². The number of nitrogens with zero attached hydrogens (tertiary/aromatic N) is 3. The molecule has 0 saturated carbocycles. The van der Waals surface area contributed by atoms with E-state index in [9.17, 15) is 4.79 Å². The smallest absolute Gasteiger partial charge is 0.320 e. The second-order valence-corrected chi connectivity index (χ2v) is 6.12. The summed E-state index contributed by atoms with van der Waals surface area (Å²) in [7, 11) is 0. The van der Waals surface area contributed by atoms with Crippen LogP contribution >= 0.6 is 11.3 Å². The Morgan fingerprint density at radius 3 is 2.91 bits per heavy atom. The highest BCUT2D eigenvalue weighted by Gasteiger charge is 2.08. The van der Waals surface area contributed by atoms with Gasteiger partial charge in [-0.25, -0.2) is 14.8 Å². The van der Waals surface area contributed by atoms with Crippen LogP contribution in [0.5, 0.6) is 0 Å². The molecule has 7 heteroatoms. The second kappa shape index (κ2) is 6.53. The van der Waals surface area contributed by atoms with Gasteiger partial charge in [0.05, 0.1) is 11.1 Å². The Hall–Kier alpha value is -2.80. The first-order valence-corrected chi connectivity index (χ1v) is 7.84. The standard InChI is InChI=1S/C16H15N5OS/c1-3-8-17-16(22)21-14-7-5-11-15(20-14)19-12(9-18-11)13-6-4-10(2)23-13/h3-7,9H,1,8H2,2H3,(H2,17,19,20,21,22). The number of aromatic nitrogens is 3. The van der Waals surface area contributed by atoms with Gasteiger partial charge in [-0.3, -0.25) is 10.3 Å². The molecule has 0 spiro atoms. The zero-order chi connectivity index (χ0) is 16.2. The number of thiophene rings is 1. The van der Waals surface area contributed by atoms with Crippen LogP contribution in [0, 0.1) is 6.92 Å². The van der Waals surface area contributed by atoms with Gasteiger partial charge < -0.3 is 5.32 Å². The number of nitrogens with one attached hydrogen (secondary N) is 2. The summed E-state index contributed by atoms with van der Waals surface area (Å²) >= 11 is 1.65. The van der Waals surface area contributed by atoms with Gasteiger partial charge >= 0.3 is 6.03 Å². The molecule has 2 amide bonds. The average Bonchev–Trinajstić information content (AvgIpc) is 2.99. The maximum absolute atomic E-state index is 11.7. The molecular weight excluding hydrogens is 310 g/mol. The van der Waals surface area contributed by atoms with Gasteiger partial charge in [-0.2, -0.15) is 0 Å². The number of fused-ring (bicyclic) bond motifs is 1. The highest BCUT2D eigenvalue weighted by atomic mass is 32.1. The molecule has 0 aliphatic carbocycles. The summed E-state index contributed by atoms with van der Waals surface area (Å²) in [6.45, 7) is 5.98. The van der Waals surface area contributed by atoms with Gasteiger partial charge in [-0.1, -0.05) is 6.08 Å². The largest absolute Gasteiger partial charge is 0.334 e. The van der Waals surface area contributed by atoms with Crippen molar-refractivity contribution in [3.63, 3.8) is 0 Å². The lowest BCUT2D eigenvalue weighted by Gasteiger charge is -2.06. The molecule has 0 aromatic carbocycles. The zero-order valence-electron chi connectivity index (χ0n) is 12.5. The lowest BCUT2D eigenvalue weighted by atomic mass is 10.3. The van der Waals surface area contributed by atoms with Crippen LogP contribution in [0.2, 0.25) is 0 Å². The van der Waals surface area contributed by atoms with Crippen molar-refractivity contribution >= 4 is 34.3 Å². The molecule has 0 fully saturated rings. The molecule has 0 unspecified atom stereocenters. The number of aryl methyl sites for hydroxylation is 1. The zero-order valence-corrected chi connectivity index (χ0v) is 13.4. The molecule has 0 aliphatic rings. The summed E-state index contributed by atoms with van der Waals surface area (Å²) in [5, 5.41) is 5.28. The van der Waals surface area contributed by atoms with E-state index in [2.05, 4.69) is 32.2 Å². The minimum atomic E-state index is -0.338. The van der Waals surface area contributed by atoms with E-state index < -0.39 is 0 Å². The predicted molar refractivity (Wildman–Crippen MR) is 92.6 cm³/mol. The van der Waals surface area contributed by atoms with Gasteiger partial charge in [0.2, 0.25) is 0 Å². The van der Waals surface area contributed by atoms with E-state index in [-0.39, 0.29) is 6.03 Å². The van der Waals surface area contributed by atoms with Crippen molar-refractivity contribution in [2.45, 2.75) is 6.92 Å². The molecule has 2 N–H and O–H groups in total. The number of carbonyl (C=O) groups excluding carboxylic acids is 1. The number of amides is 2. The monoisotopic (exact) mass is 325 g/mol. The fourth-order valence-electron chi connectivity index (χ4n) is 1.98. The van der Waals surface area contributed by atoms with Gasteiger partial charge in [0.1, 0.15) is 17.0 Å². The van der Waals surface area contributed by atoms with E-state index in [1.165, 1.54) is 4.88 Å².